The van der Waals surface area contributed by atoms with E-state index in [2.05, 4.69) is 5.32 Å². The quantitative estimate of drug-likeness (QED) is 0.926. The highest BCUT2D eigenvalue weighted by Gasteiger charge is 2.24. The van der Waals surface area contributed by atoms with Gasteiger partial charge in [-0.15, -0.1) is 0 Å². The molecule has 0 radical (unpaired) electrons. The van der Waals surface area contributed by atoms with Crippen molar-refractivity contribution in [2.75, 3.05) is 6.61 Å². The molecule has 0 aromatic heterocycles. The molecule has 1 aromatic carbocycles. The predicted molar refractivity (Wildman–Crippen MR) is 72.4 cm³/mol. The van der Waals surface area contributed by atoms with Gasteiger partial charge < -0.3 is 10.1 Å². The van der Waals surface area contributed by atoms with E-state index in [0.29, 0.717) is 15.6 Å². The van der Waals surface area contributed by atoms with Gasteiger partial charge in [0.2, 0.25) is 0 Å². The third-order valence-electron chi connectivity index (χ3n) is 3.05. The molecule has 1 N–H and O–H groups in total. The highest BCUT2D eigenvalue weighted by molar-refractivity contribution is 6.35. The Hall–Kier alpha value is -0.770. The van der Waals surface area contributed by atoms with Crippen molar-refractivity contribution in [2.45, 2.75) is 31.9 Å². The molecule has 2 rings (SSSR count). The second-order valence-electron chi connectivity index (χ2n) is 4.44. The Morgan fingerprint density at radius 3 is 2.94 bits per heavy atom. The molecule has 0 unspecified atom stereocenters. The van der Waals surface area contributed by atoms with Crippen LogP contribution in [0.2, 0.25) is 10.0 Å². The summed E-state index contributed by atoms with van der Waals surface area (Å²) in [7, 11) is 0. The molecule has 1 aromatic rings. The number of halogens is 2. The minimum absolute atomic E-state index is 0.0324. The maximum absolute atomic E-state index is 12.1. The molecule has 1 aliphatic rings. The number of nitrogens with one attached hydrogen (secondary N) is 1. The zero-order valence-corrected chi connectivity index (χ0v) is 11.6. The summed E-state index contributed by atoms with van der Waals surface area (Å²) >= 11 is 11.8. The second-order valence-corrected chi connectivity index (χ2v) is 5.28. The van der Waals surface area contributed by atoms with Crippen LogP contribution in [-0.2, 0) is 4.74 Å². The number of ether oxygens (including phenoxy) is 1. The van der Waals surface area contributed by atoms with Gasteiger partial charge in [0.15, 0.2) is 0 Å². The van der Waals surface area contributed by atoms with Crippen LogP contribution in [0.1, 0.15) is 30.1 Å². The van der Waals surface area contributed by atoms with Gasteiger partial charge in [-0.25, -0.2) is 0 Å². The summed E-state index contributed by atoms with van der Waals surface area (Å²) in [6.07, 6.45) is 2.11. The summed E-state index contributed by atoms with van der Waals surface area (Å²) in [5.41, 5.74) is 0.397. The number of benzene rings is 1. The largest absolute Gasteiger partial charge is 0.376 e. The summed E-state index contributed by atoms with van der Waals surface area (Å²) in [5.74, 6) is -0.217. The minimum Gasteiger partial charge on any atom is -0.376 e. The second kappa shape index (κ2) is 5.91. The normalized spacial score (nSPS) is 20.7. The number of carbonyl (C=O) groups is 1. The SMILES string of the molecule is C[C@@H](NC(=O)c1cc(Cl)ccc1Cl)[C@@H]1CCCO1. The van der Waals surface area contributed by atoms with Crippen molar-refractivity contribution >= 4 is 29.1 Å². The molecule has 0 bridgehead atoms. The van der Waals surface area contributed by atoms with E-state index in [9.17, 15) is 4.79 Å². The Balaban J connectivity index is 2.04. The van der Waals surface area contributed by atoms with Crippen molar-refractivity contribution < 1.29 is 9.53 Å². The number of rotatable bonds is 3. The first-order chi connectivity index (χ1) is 8.58. The van der Waals surface area contributed by atoms with Crippen LogP contribution in [0.15, 0.2) is 18.2 Å². The molecule has 5 heteroatoms. The average molecular weight is 288 g/mol. The van der Waals surface area contributed by atoms with Crippen molar-refractivity contribution in [3.63, 3.8) is 0 Å². The van der Waals surface area contributed by atoms with Gasteiger partial charge in [-0.05, 0) is 38.0 Å². The molecular formula is C13H15Cl2NO2. The lowest BCUT2D eigenvalue weighted by Crippen LogP contribution is -2.40. The first kappa shape index (κ1) is 13.7. The lowest BCUT2D eigenvalue weighted by atomic mass is 10.1. The lowest BCUT2D eigenvalue weighted by molar-refractivity contribution is 0.0712. The zero-order valence-electron chi connectivity index (χ0n) is 10.1. The van der Waals surface area contributed by atoms with Crippen LogP contribution < -0.4 is 5.32 Å². The minimum atomic E-state index is -0.217. The molecule has 0 saturated carbocycles. The van der Waals surface area contributed by atoms with E-state index >= 15 is 0 Å². The first-order valence-electron chi connectivity index (χ1n) is 5.95. The summed E-state index contributed by atoms with van der Waals surface area (Å²) in [5, 5.41) is 3.79. The molecular weight excluding hydrogens is 273 g/mol. The third-order valence-corrected chi connectivity index (χ3v) is 3.62. The highest BCUT2D eigenvalue weighted by Crippen LogP contribution is 2.21. The van der Waals surface area contributed by atoms with Gasteiger partial charge in [0.05, 0.1) is 22.7 Å². The van der Waals surface area contributed by atoms with E-state index in [0.717, 1.165) is 19.4 Å². The molecule has 3 nitrogen and oxygen atoms in total. The maximum Gasteiger partial charge on any atom is 0.253 e. The van der Waals surface area contributed by atoms with Crippen LogP contribution in [-0.4, -0.2) is 24.7 Å². The predicted octanol–water partition coefficient (Wildman–Crippen LogP) is 3.29. The summed E-state index contributed by atoms with van der Waals surface area (Å²) < 4.78 is 5.53. The fourth-order valence-electron chi connectivity index (χ4n) is 2.05. The Bertz CT molecular complexity index is 445. The number of amides is 1. The van der Waals surface area contributed by atoms with Crippen molar-refractivity contribution in [3.05, 3.63) is 33.8 Å². The van der Waals surface area contributed by atoms with E-state index < -0.39 is 0 Å². The molecule has 2 atom stereocenters. The van der Waals surface area contributed by atoms with Crippen LogP contribution in [0.25, 0.3) is 0 Å². The van der Waals surface area contributed by atoms with Gasteiger partial charge in [0, 0.05) is 11.6 Å². The van der Waals surface area contributed by atoms with E-state index in [1.807, 2.05) is 6.92 Å². The fourth-order valence-corrected chi connectivity index (χ4v) is 2.42. The molecule has 1 amide bonds. The lowest BCUT2D eigenvalue weighted by Gasteiger charge is -2.20. The monoisotopic (exact) mass is 287 g/mol. The highest BCUT2D eigenvalue weighted by atomic mass is 35.5. The Kier molecular flexibility index (Phi) is 4.49. The van der Waals surface area contributed by atoms with Crippen molar-refractivity contribution in [2.24, 2.45) is 0 Å². The molecule has 1 saturated heterocycles. The van der Waals surface area contributed by atoms with E-state index in [1.54, 1.807) is 18.2 Å². The molecule has 1 fully saturated rings. The van der Waals surface area contributed by atoms with E-state index in [-0.39, 0.29) is 18.1 Å². The van der Waals surface area contributed by atoms with Gasteiger partial charge in [0.1, 0.15) is 0 Å². The number of hydrogen-bond acceptors (Lipinski definition) is 2. The molecule has 0 aliphatic carbocycles. The summed E-state index contributed by atoms with van der Waals surface area (Å²) in [4.78, 5) is 12.1. The van der Waals surface area contributed by atoms with Gasteiger partial charge in [0.25, 0.3) is 5.91 Å². The summed E-state index contributed by atoms with van der Waals surface area (Å²) in [6, 6.07) is 4.82. The Morgan fingerprint density at radius 2 is 2.28 bits per heavy atom. The van der Waals surface area contributed by atoms with Gasteiger partial charge in [-0.3, -0.25) is 4.79 Å². The van der Waals surface area contributed by atoms with Gasteiger partial charge in [-0.1, -0.05) is 23.2 Å². The zero-order chi connectivity index (χ0) is 13.1. The van der Waals surface area contributed by atoms with Crippen LogP contribution in [0.4, 0.5) is 0 Å². The van der Waals surface area contributed by atoms with E-state index in [1.165, 1.54) is 0 Å². The van der Waals surface area contributed by atoms with Gasteiger partial charge in [-0.2, -0.15) is 0 Å². The van der Waals surface area contributed by atoms with Crippen molar-refractivity contribution in [1.29, 1.82) is 0 Å². The first-order valence-corrected chi connectivity index (χ1v) is 6.71. The number of hydrogen-bond donors (Lipinski definition) is 1. The van der Waals surface area contributed by atoms with Crippen LogP contribution in [0, 0.1) is 0 Å². The van der Waals surface area contributed by atoms with Crippen molar-refractivity contribution in [1.82, 2.24) is 5.32 Å². The number of carbonyl (C=O) groups excluding carboxylic acids is 1. The molecule has 1 aliphatic heterocycles. The molecule has 1 heterocycles. The van der Waals surface area contributed by atoms with Crippen LogP contribution in [0.5, 0.6) is 0 Å². The fraction of sp³-hybridized carbons (Fsp3) is 0.462. The average Bonchev–Trinajstić information content (AvgIpc) is 2.85. The third kappa shape index (κ3) is 3.16. The summed E-state index contributed by atoms with van der Waals surface area (Å²) in [6.45, 7) is 2.70. The maximum atomic E-state index is 12.1. The standard InChI is InChI=1S/C13H15Cl2NO2/c1-8(12-3-2-6-18-12)16-13(17)10-7-9(14)4-5-11(10)15/h4-5,7-8,12H,2-3,6H2,1H3,(H,16,17)/t8-,12+/m1/s1. The smallest absolute Gasteiger partial charge is 0.253 e. The van der Waals surface area contributed by atoms with Crippen LogP contribution in [0.3, 0.4) is 0 Å². The Labute approximate surface area is 116 Å². The topological polar surface area (TPSA) is 38.3 Å². The molecule has 18 heavy (non-hydrogen) atoms. The molecule has 0 spiro atoms. The van der Waals surface area contributed by atoms with Crippen LogP contribution >= 0.6 is 23.2 Å². The van der Waals surface area contributed by atoms with E-state index in [4.69, 9.17) is 27.9 Å². The van der Waals surface area contributed by atoms with Gasteiger partial charge >= 0.3 is 0 Å². The molecule has 98 valence electrons. The Morgan fingerprint density at radius 1 is 1.50 bits per heavy atom. The van der Waals surface area contributed by atoms with Crippen molar-refractivity contribution in [3.8, 4) is 0 Å².